The maximum Gasteiger partial charge on any atom is 0.251 e. The molecule has 0 unspecified atom stereocenters. The fourth-order valence-electron chi connectivity index (χ4n) is 2.52. The fourth-order valence-corrected chi connectivity index (χ4v) is 2.52. The van der Waals surface area contributed by atoms with Gasteiger partial charge in [-0.05, 0) is 42.0 Å². The number of hydrogen-bond acceptors (Lipinski definition) is 5. The van der Waals surface area contributed by atoms with Gasteiger partial charge in [0.05, 0.1) is 6.54 Å². The number of carbonyl (C=O) groups is 1. The summed E-state index contributed by atoms with van der Waals surface area (Å²) >= 11 is 0. The third kappa shape index (κ3) is 4.50. The molecule has 1 aliphatic rings. The summed E-state index contributed by atoms with van der Waals surface area (Å²) in [5.41, 5.74) is 3.75. The maximum absolute atomic E-state index is 12.2. The van der Waals surface area contributed by atoms with Crippen LogP contribution in [0.1, 0.15) is 15.9 Å². The number of guanidine groups is 1. The van der Waals surface area contributed by atoms with Crippen molar-refractivity contribution in [1.82, 2.24) is 10.6 Å². The highest BCUT2D eigenvalue weighted by molar-refractivity contribution is 5.95. The summed E-state index contributed by atoms with van der Waals surface area (Å²) in [5, 5.41) is 9.34. The average Bonchev–Trinajstić information content (AvgIpc) is 3.14. The first-order chi connectivity index (χ1) is 12.1. The van der Waals surface area contributed by atoms with Crippen LogP contribution in [0.4, 0.5) is 11.4 Å². The van der Waals surface area contributed by atoms with Crippen molar-refractivity contribution >= 4 is 23.2 Å². The summed E-state index contributed by atoms with van der Waals surface area (Å²) < 4.78 is 0. The van der Waals surface area contributed by atoms with Crippen LogP contribution in [0, 0.1) is 0 Å². The van der Waals surface area contributed by atoms with Crippen LogP contribution >= 0.6 is 0 Å². The summed E-state index contributed by atoms with van der Waals surface area (Å²) in [5.74, 6) is 0.735. The number of nitrogens with one attached hydrogen (secondary N) is 3. The van der Waals surface area contributed by atoms with Crippen LogP contribution in [0.25, 0.3) is 0 Å². The van der Waals surface area contributed by atoms with Gasteiger partial charge in [0.1, 0.15) is 0 Å². The zero-order valence-electron chi connectivity index (χ0n) is 14.5. The molecule has 0 saturated heterocycles. The van der Waals surface area contributed by atoms with E-state index in [1.165, 1.54) is 0 Å². The first-order valence-corrected chi connectivity index (χ1v) is 8.32. The van der Waals surface area contributed by atoms with Gasteiger partial charge in [0.25, 0.3) is 5.91 Å². The maximum atomic E-state index is 12.2. The highest BCUT2D eigenvalue weighted by Crippen LogP contribution is 2.13. The Morgan fingerprint density at radius 1 is 1.12 bits per heavy atom. The van der Waals surface area contributed by atoms with Crippen molar-refractivity contribution in [1.29, 1.82) is 0 Å². The van der Waals surface area contributed by atoms with Gasteiger partial charge < -0.3 is 20.9 Å². The molecule has 0 saturated carbocycles. The van der Waals surface area contributed by atoms with Crippen LogP contribution in [-0.4, -0.2) is 39.1 Å². The number of amides is 1. The third-order valence-electron chi connectivity index (χ3n) is 3.99. The fraction of sp³-hybridized carbons (Fsp3) is 0.263. The van der Waals surface area contributed by atoms with E-state index in [2.05, 4.69) is 20.9 Å². The monoisotopic (exact) mass is 337 g/mol. The highest BCUT2D eigenvalue weighted by Gasteiger charge is 2.07. The summed E-state index contributed by atoms with van der Waals surface area (Å²) in [6.45, 7) is 2.18. The number of aliphatic imine (C=N–C) groups is 1. The van der Waals surface area contributed by atoms with Crippen molar-refractivity contribution in [2.24, 2.45) is 4.99 Å². The molecule has 0 spiro atoms. The zero-order valence-corrected chi connectivity index (χ0v) is 14.5. The molecule has 3 N–H and O–H groups in total. The van der Waals surface area contributed by atoms with Crippen LogP contribution in [0.2, 0.25) is 0 Å². The first kappa shape index (κ1) is 16.8. The molecule has 2 aromatic rings. The van der Waals surface area contributed by atoms with Crippen molar-refractivity contribution < 1.29 is 4.79 Å². The van der Waals surface area contributed by atoms with Crippen molar-refractivity contribution in [2.45, 2.75) is 6.54 Å². The Hall–Kier alpha value is -3.02. The van der Waals surface area contributed by atoms with E-state index in [-0.39, 0.29) is 5.91 Å². The van der Waals surface area contributed by atoms with E-state index in [4.69, 9.17) is 0 Å². The van der Waals surface area contributed by atoms with Crippen LogP contribution in [0.5, 0.6) is 0 Å². The van der Waals surface area contributed by atoms with Crippen molar-refractivity contribution in [2.75, 3.05) is 37.4 Å². The Bertz CT molecular complexity index is 750. The van der Waals surface area contributed by atoms with E-state index in [0.717, 1.165) is 36.0 Å². The van der Waals surface area contributed by atoms with Gasteiger partial charge in [0, 0.05) is 44.1 Å². The SMILES string of the molecule is CN(C)c1ccc(C(=O)NCc2ccc(NC3=NCCN3)cc2)cc1. The molecule has 0 radical (unpaired) electrons. The van der Waals surface area contributed by atoms with E-state index in [0.29, 0.717) is 12.1 Å². The minimum Gasteiger partial charge on any atom is -0.378 e. The summed E-state index contributed by atoms with van der Waals surface area (Å²) in [6.07, 6.45) is 0. The molecule has 130 valence electrons. The van der Waals surface area contributed by atoms with Gasteiger partial charge in [-0.3, -0.25) is 9.79 Å². The second kappa shape index (κ2) is 7.70. The molecule has 0 bridgehead atoms. The largest absolute Gasteiger partial charge is 0.378 e. The van der Waals surface area contributed by atoms with Gasteiger partial charge in [0.2, 0.25) is 0 Å². The normalized spacial score (nSPS) is 13.0. The Kier molecular flexibility index (Phi) is 5.18. The molecule has 25 heavy (non-hydrogen) atoms. The number of rotatable bonds is 5. The van der Waals surface area contributed by atoms with Crippen LogP contribution in [0.3, 0.4) is 0 Å². The Morgan fingerprint density at radius 2 is 1.84 bits per heavy atom. The van der Waals surface area contributed by atoms with Crippen LogP contribution < -0.4 is 20.9 Å². The number of anilines is 2. The third-order valence-corrected chi connectivity index (χ3v) is 3.99. The lowest BCUT2D eigenvalue weighted by molar-refractivity contribution is 0.0951. The molecule has 3 rings (SSSR count). The minimum atomic E-state index is -0.0722. The Morgan fingerprint density at radius 3 is 2.44 bits per heavy atom. The summed E-state index contributed by atoms with van der Waals surface area (Å²) in [7, 11) is 3.95. The molecule has 1 amide bonds. The topological polar surface area (TPSA) is 68.8 Å². The molecule has 1 heterocycles. The molecule has 0 atom stereocenters. The second-order valence-electron chi connectivity index (χ2n) is 6.10. The molecule has 0 aliphatic carbocycles. The molecule has 6 nitrogen and oxygen atoms in total. The minimum absolute atomic E-state index is 0.0722. The van der Waals surface area contributed by atoms with E-state index < -0.39 is 0 Å². The molecular weight excluding hydrogens is 314 g/mol. The number of benzene rings is 2. The molecule has 2 aromatic carbocycles. The molecular formula is C19H23N5O. The van der Waals surface area contributed by atoms with Crippen LogP contribution in [-0.2, 0) is 6.54 Å². The van der Waals surface area contributed by atoms with E-state index in [9.17, 15) is 4.79 Å². The molecule has 1 aliphatic heterocycles. The van der Waals surface area contributed by atoms with Crippen molar-refractivity contribution in [3.63, 3.8) is 0 Å². The Labute approximate surface area is 148 Å². The molecule has 0 fully saturated rings. The lowest BCUT2D eigenvalue weighted by Crippen LogP contribution is -2.26. The highest BCUT2D eigenvalue weighted by atomic mass is 16.1. The predicted molar refractivity (Wildman–Crippen MR) is 102 cm³/mol. The van der Waals surface area contributed by atoms with E-state index in [1.54, 1.807) is 0 Å². The van der Waals surface area contributed by atoms with Crippen molar-refractivity contribution in [3.8, 4) is 0 Å². The van der Waals surface area contributed by atoms with Gasteiger partial charge in [-0.2, -0.15) is 0 Å². The predicted octanol–water partition coefficient (Wildman–Crippen LogP) is 2.05. The van der Waals surface area contributed by atoms with Gasteiger partial charge in [-0.15, -0.1) is 0 Å². The zero-order chi connectivity index (χ0) is 17.6. The standard InChI is InChI=1S/C19H23N5O/c1-24(2)17-9-5-15(6-10-17)18(25)22-13-14-3-7-16(8-4-14)23-19-20-11-12-21-19/h3-10H,11-13H2,1-2H3,(H,22,25)(H2,20,21,23). The van der Waals surface area contributed by atoms with E-state index in [1.807, 2.05) is 67.5 Å². The van der Waals surface area contributed by atoms with Gasteiger partial charge >= 0.3 is 0 Å². The van der Waals surface area contributed by atoms with Gasteiger partial charge in [-0.1, -0.05) is 12.1 Å². The van der Waals surface area contributed by atoms with Gasteiger partial charge in [-0.25, -0.2) is 0 Å². The second-order valence-corrected chi connectivity index (χ2v) is 6.10. The molecule has 0 aromatic heterocycles. The van der Waals surface area contributed by atoms with Gasteiger partial charge in [0.15, 0.2) is 5.96 Å². The Balaban J connectivity index is 1.53. The smallest absolute Gasteiger partial charge is 0.251 e. The first-order valence-electron chi connectivity index (χ1n) is 8.32. The summed E-state index contributed by atoms with van der Waals surface area (Å²) in [4.78, 5) is 18.5. The quantitative estimate of drug-likeness (QED) is 0.781. The van der Waals surface area contributed by atoms with Crippen molar-refractivity contribution in [3.05, 3.63) is 59.7 Å². The van der Waals surface area contributed by atoms with E-state index >= 15 is 0 Å². The number of nitrogens with zero attached hydrogens (tertiary/aromatic N) is 2. The van der Waals surface area contributed by atoms with Crippen LogP contribution in [0.15, 0.2) is 53.5 Å². The number of carbonyl (C=O) groups excluding carboxylic acids is 1. The molecule has 6 heteroatoms. The lowest BCUT2D eigenvalue weighted by atomic mass is 10.1. The summed E-state index contributed by atoms with van der Waals surface area (Å²) in [6, 6.07) is 15.5. The average molecular weight is 337 g/mol. The number of hydrogen-bond donors (Lipinski definition) is 3. The lowest BCUT2D eigenvalue weighted by Gasteiger charge is -2.12.